The number of halogens is 2. The second kappa shape index (κ2) is 10.7. The van der Waals surface area contributed by atoms with E-state index in [-0.39, 0.29) is 24.8 Å². The molecule has 3 aromatic carbocycles. The second-order valence-corrected chi connectivity index (χ2v) is 8.54. The molecule has 0 radical (unpaired) electrons. The third kappa shape index (κ3) is 5.38. The van der Waals surface area contributed by atoms with E-state index >= 15 is 0 Å². The van der Waals surface area contributed by atoms with E-state index in [0.29, 0.717) is 33.8 Å². The predicted octanol–water partition coefficient (Wildman–Crippen LogP) is 5.08. The molecular formula is C25H23Cl2N3O4. The minimum atomic E-state index is -0.476. The number of methoxy groups -OCH3 is 1. The molecule has 1 heterocycles. The Hall–Kier alpha value is -3.42. The van der Waals surface area contributed by atoms with Crippen LogP contribution in [-0.4, -0.2) is 25.5 Å². The summed E-state index contributed by atoms with van der Waals surface area (Å²) >= 11 is 12.6. The van der Waals surface area contributed by atoms with E-state index in [2.05, 4.69) is 10.9 Å². The highest BCUT2D eigenvalue weighted by Crippen LogP contribution is 2.39. The molecule has 1 atom stereocenters. The Balaban J connectivity index is 1.38. The number of rotatable bonds is 8. The summed E-state index contributed by atoms with van der Waals surface area (Å²) in [5, 5.41) is 0.893. The number of carbonyl (C=O) groups is 2. The number of benzene rings is 3. The van der Waals surface area contributed by atoms with Crippen molar-refractivity contribution >= 4 is 46.4 Å². The van der Waals surface area contributed by atoms with Crippen molar-refractivity contribution in [3.05, 3.63) is 82.3 Å². The molecule has 0 spiro atoms. The van der Waals surface area contributed by atoms with Crippen molar-refractivity contribution in [3.63, 3.8) is 0 Å². The zero-order valence-electron chi connectivity index (χ0n) is 18.4. The summed E-state index contributed by atoms with van der Waals surface area (Å²) in [5.41, 5.74) is 7.60. The van der Waals surface area contributed by atoms with Crippen LogP contribution >= 0.6 is 23.2 Å². The van der Waals surface area contributed by atoms with Crippen LogP contribution in [0.15, 0.2) is 66.7 Å². The van der Waals surface area contributed by atoms with E-state index in [1.165, 1.54) is 7.11 Å². The maximum atomic E-state index is 12.7. The molecular weight excluding hydrogens is 477 g/mol. The van der Waals surface area contributed by atoms with Gasteiger partial charge in [0, 0.05) is 35.3 Å². The fourth-order valence-corrected chi connectivity index (χ4v) is 4.13. The summed E-state index contributed by atoms with van der Waals surface area (Å²) in [4.78, 5) is 26.7. The van der Waals surface area contributed by atoms with Crippen molar-refractivity contribution in [2.75, 3.05) is 24.0 Å². The first-order chi connectivity index (χ1) is 16.5. The van der Waals surface area contributed by atoms with Gasteiger partial charge in [0.2, 0.25) is 11.8 Å². The van der Waals surface area contributed by atoms with Crippen molar-refractivity contribution in [1.82, 2.24) is 5.43 Å². The topological polar surface area (TPSA) is 79.9 Å². The molecule has 4 rings (SSSR count). The van der Waals surface area contributed by atoms with Crippen LogP contribution < -0.4 is 25.2 Å². The predicted molar refractivity (Wildman–Crippen MR) is 132 cm³/mol. The molecule has 2 amide bonds. The fourth-order valence-electron chi connectivity index (χ4n) is 3.67. The maximum Gasteiger partial charge on any atom is 0.243 e. The fraction of sp³-hybridized carbons (Fsp3) is 0.200. The van der Waals surface area contributed by atoms with E-state index in [4.69, 9.17) is 32.7 Å². The highest BCUT2D eigenvalue weighted by molar-refractivity contribution is 6.32. The Labute approximate surface area is 207 Å². The van der Waals surface area contributed by atoms with Gasteiger partial charge >= 0.3 is 0 Å². The summed E-state index contributed by atoms with van der Waals surface area (Å²) < 4.78 is 11.3. The molecule has 34 heavy (non-hydrogen) atoms. The molecule has 7 nitrogen and oxygen atoms in total. The molecule has 1 saturated heterocycles. The lowest BCUT2D eigenvalue weighted by Gasteiger charge is -2.18. The maximum absolute atomic E-state index is 12.7. The summed E-state index contributed by atoms with van der Waals surface area (Å²) in [5.74, 6) is -0.101. The first-order valence-electron chi connectivity index (χ1n) is 10.6. The summed E-state index contributed by atoms with van der Waals surface area (Å²) in [6, 6.07) is 19.9. The van der Waals surface area contributed by atoms with Crippen LogP contribution in [0, 0.1) is 5.92 Å². The number of hydrazine groups is 1. The molecule has 1 fully saturated rings. The highest BCUT2D eigenvalue weighted by Gasteiger charge is 2.35. The Bertz CT molecular complexity index is 1190. The smallest absolute Gasteiger partial charge is 0.243 e. The van der Waals surface area contributed by atoms with Crippen molar-refractivity contribution in [2.24, 2.45) is 5.92 Å². The average Bonchev–Trinajstić information content (AvgIpc) is 3.24. The Kier molecular flexibility index (Phi) is 7.45. The van der Waals surface area contributed by atoms with Gasteiger partial charge in [-0.2, -0.15) is 0 Å². The lowest BCUT2D eigenvalue weighted by Crippen LogP contribution is -2.36. The number of hydrogen-bond acceptors (Lipinski definition) is 5. The number of nitrogens with one attached hydrogen (secondary N) is 2. The number of anilines is 2. The monoisotopic (exact) mass is 499 g/mol. The minimum Gasteiger partial charge on any atom is -0.493 e. The van der Waals surface area contributed by atoms with Crippen molar-refractivity contribution in [1.29, 1.82) is 0 Å². The largest absolute Gasteiger partial charge is 0.493 e. The number of ether oxygens (including phenoxy) is 2. The van der Waals surface area contributed by atoms with Crippen LogP contribution in [-0.2, 0) is 16.2 Å². The van der Waals surface area contributed by atoms with E-state index < -0.39 is 5.92 Å². The van der Waals surface area contributed by atoms with Crippen LogP contribution in [0.5, 0.6) is 11.5 Å². The van der Waals surface area contributed by atoms with Crippen molar-refractivity contribution in [2.45, 2.75) is 13.0 Å². The van der Waals surface area contributed by atoms with Gasteiger partial charge in [0.05, 0.1) is 23.7 Å². The van der Waals surface area contributed by atoms with Gasteiger partial charge in [-0.3, -0.25) is 20.4 Å². The highest BCUT2D eigenvalue weighted by atomic mass is 35.5. The number of hydrogen-bond donors (Lipinski definition) is 2. The normalized spacial score (nSPS) is 15.2. The third-order valence-corrected chi connectivity index (χ3v) is 6.10. The molecule has 0 bridgehead atoms. The van der Waals surface area contributed by atoms with Gasteiger partial charge in [0.1, 0.15) is 6.61 Å². The minimum absolute atomic E-state index is 0.0870. The third-order valence-electron chi connectivity index (χ3n) is 5.45. The molecule has 2 N–H and O–H groups in total. The van der Waals surface area contributed by atoms with Gasteiger partial charge in [-0.15, -0.1) is 0 Å². The zero-order valence-corrected chi connectivity index (χ0v) is 19.9. The summed E-state index contributed by atoms with van der Waals surface area (Å²) in [6.07, 6.45) is 0.140. The van der Waals surface area contributed by atoms with Crippen molar-refractivity contribution < 1.29 is 19.1 Å². The molecule has 1 aliphatic heterocycles. The van der Waals surface area contributed by atoms with Crippen LogP contribution in [0.3, 0.4) is 0 Å². The van der Waals surface area contributed by atoms with Gasteiger partial charge in [-0.25, -0.2) is 0 Å². The SMILES string of the molecule is COc1cc(NNC(=O)[C@@H]2CC(=O)N(c3ccccc3)C2)cc(Cl)c1OCc1ccccc1Cl. The molecule has 3 aromatic rings. The Morgan fingerprint density at radius 3 is 2.53 bits per heavy atom. The summed E-state index contributed by atoms with van der Waals surface area (Å²) in [7, 11) is 1.50. The number of carbonyl (C=O) groups excluding carboxylic acids is 2. The van der Waals surface area contributed by atoms with Gasteiger partial charge < -0.3 is 14.4 Å². The molecule has 0 aromatic heterocycles. The van der Waals surface area contributed by atoms with Gasteiger partial charge in [-0.1, -0.05) is 59.6 Å². The van der Waals surface area contributed by atoms with Gasteiger partial charge in [-0.05, 0) is 24.3 Å². The zero-order chi connectivity index (χ0) is 24.1. The van der Waals surface area contributed by atoms with Crippen molar-refractivity contribution in [3.8, 4) is 11.5 Å². The first-order valence-corrected chi connectivity index (χ1v) is 11.4. The molecule has 1 aliphatic rings. The number of nitrogens with zero attached hydrogens (tertiary/aromatic N) is 1. The average molecular weight is 500 g/mol. The number of amides is 2. The van der Waals surface area contributed by atoms with E-state index in [0.717, 1.165) is 11.3 Å². The standard InChI is InChI=1S/C25H23Cl2N3O4/c1-33-22-13-18(12-21(27)24(22)34-15-16-7-5-6-10-20(16)26)28-29-25(32)17-11-23(31)30(14-17)19-8-3-2-4-9-19/h2-10,12-13,17,28H,11,14-15H2,1H3,(H,29,32)/t17-/m1/s1. The first kappa shape index (κ1) is 23.7. The Morgan fingerprint density at radius 1 is 1.06 bits per heavy atom. The summed E-state index contributed by atoms with van der Waals surface area (Å²) in [6.45, 7) is 0.530. The molecule has 0 unspecified atom stereocenters. The molecule has 9 heteroatoms. The van der Waals surface area contributed by atoms with E-state index in [1.807, 2.05) is 48.5 Å². The van der Waals surface area contributed by atoms with Crippen LogP contribution in [0.2, 0.25) is 10.0 Å². The van der Waals surface area contributed by atoms with Crippen LogP contribution in [0.1, 0.15) is 12.0 Å². The van der Waals surface area contributed by atoms with Gasteiger partial charge in [0.25, 0.3) is 0 Å². The van der Waals surface area contributed by atoms with Crippen LogP contribution in [0.4, 0.5) is 11.4 Å². The lowest BCUT2D eigenvalue weighted by atomic mass is 10.1. The van der Waals surface area contributed by atoms with E-state index in [1.54, 1.807) is 23.1 Å². The van der Waals surface area contributed by atoms with Gasteiger partial charge in [0.15, 0.2) is 11.5 Å². The Morgan fingerprint density at radius 2 is 1.79 bits per heavy atom. The second-order valence-electron chi connectivity index (χ2n) is 7.72. The molecule has 0 aliphatic carbocycles. The molecule has 176 valence electrons. The van der Waals surface area contributed by atoms with Crippen LogP contribution in [0.25, 0.3) is 0 Å². The number of para-hydroxylation sites is 1. The lowest BCUT2D eigenvalue weighted by molar-refractivity contribution is -0.125. The molecule has 0 saturated carbocycles. The quantitative estimate of drug-likeness (QED) is 0.422. The van der Waals surface area contributed by atoms with E-state index in [9.17, 15) is 9.59 Å².